The quantitative estimate of drug-likeness (QED) is 0.234. The van der Waals surface area contributed by atoms with E-state index in [1.807, 2.05) is 60.8 Å². The first-order chi connectivity index (χ1) is 16.5. The molecule has 174 valence electrons. The van der Waals surface area contributed by atoms with Crippen molar-refractivity contribution in [1.82, 2.24) is 4.98 Å². The minimum Gasteiger partial charge on any atom is -0.493 e. The van der Waals surface area contributed by atoms with Gasteiger partial charge in [0, 0.05) is 23.9 Å². The molecule has 6 heteroatoms. The molecule has 2 aromatic carbocycles. The molecule has 0 unspecified atom stereocenters. The molecule has 0 spiro atoms. The van der Waals surface area contributed by atoms with Crippen LogP contribution in [-0.4, -0.2) is 46.9 Å². The van der Waals surface area contributed by atoms with E-state index in [2.05, 4.69) is 18.0 Å². The number of ether oxygens (including phenoxy) is 2. The van der Waals surface area contributed by atoms with Crippen molar-refractivity contribution >= 4 is 17.3 Å². The monoisotopic (exact) mass is 457 g/mol. The van der Waals surface area contributed by atoms with E-state index in [0.717, 1.165) is 39.1 Å². The van der Waals surface area contributed by atoms with Crippen LogP contribution in [0.15, 0.2) is 72.4 Å². The van der Waals surface area contributed by atoms with E-state index < -0.39 is 5.97 Å². The topological polar surface area (TPSA) is 71.7 Å². The summed E-state index contributed by atoms with van der Waals surface area (Å²) in [6, 6.07) is 19.4. The van der Waals surface area contributed by atoms with Gasteiger partial charge < -0.3 is 9.47 Å². The Labute approximate surface area is 199 Å². The Morgan fingerprint density at radius 3 is 2.47 bits per heavy atom. The summed E-state index contributed by atoms with van der Waals surface area (Å²) in [7, 11) is 1.51. The number of aryl methyl sites for hydroxylation is 1. The van der Waals surface area contributed by atoms with E-state index in [4.69, 9.17) is 9.47 Å². The standard InChI is InChI=1S/C28H29N2O4/c1-4-19-11-12-21(29-18-19)15-16-34-22-13-14-23-24(17-22)27(30(3)32)26(28(31)33-5-2)25(23)20-9-7-6-8-10-20/h6-14,17-18,32H,4-5,15-16H2,1-3H3/q+1/b30-27+. The number of hydroxylamine groups is 1. The third-order valence-corrected chi connectivity index (χ3v) is 5.79. The van der Waals surface area contributed by atoms with Crippen molar-refractivity contribution in [1.29, 1.82) is 0 Å². The van der Waals surface area contributed by atoms with Crippen LogP contribution in [0.2, 0.25) is 0 Å². The zero-order chi connectivity index (χ0) is 24.1. The average molecular weight is 458 g/mol. The molecule has 0 radical (unpaired) electrons. The van der Waals surface area contributed by atoms with Gasteiger partial charge >= 0.3 is 5.97 Å². The van der Waals surface area contributed by atoms with E-state index in [-0.39, 0.29) is 6.61 Å². The lowest BCUT2D eigenvalue weighted by atomic mass is 9.97. The summed E-state index contributed by atoms with van der Waals surface area (Å²) in [6.45, 7) is 4.58. The molecule has 0 fully saturated rings. The first-order valence-corrected chi connectivity index (χ1v) is 11.5. The van der Waals surface area contributed by atoms with Gasteiger partial charge in [0.15, 0.2) is 7.05 Å². The number of pyridine rings is 1. The van der Waals surface area contributed by atoms with Crippen molar-refractivity contribution in [3.05, 3.63) is 100 Å². The minimum atomic E-state index is -0.475. The van der Waals surface area contributed by atoms with E-state index >= 15 is 0 Å². The van der Waals surface area contributed by atoms with Crippen LogP contribution in [0.25, 0.3) is 5.57 Å². The van der Waals surface area contributed by atoms with Crippen molar-refractivity contribution < 1.29 is 24.2 Å². The van der Waals surface area contributed by atoms with Gasteiger partial charge in [-0.25, -0.2) is 4.79 Å². The average Bonchev–Trinajstić information content (AvgIpc) is 3.20. The molecule has 0 saturated carbocycles. The van der Waals surface area contributed by atoms with Gasteiger partial charge in [-0.2, -0.15) is 0 Å². The number of esters is 1. The molecule has 0 atom stereocenters. The van der Waals surface area contributed by atoms with E-state index in [1.165, 1.54) is 12.6 Å². The smallest absolute Gasteiger partial charge is 0.345 e. The molecule has 1 aromatic heterocycles. The van der Waals surface area contributed by atoms with Crippen molar-refractivity contribution in [2.24, 2.45) is 0 Å². The Kier molecular flexibility index (Phi) is 7.07. The summed E-state index contributed by atoms with van der Waals surface area (Å²) < 4.78 is 12.3. The lowest BCUT2D eigenvalue weighted by Crippen LogP contribution is -2.22. The highest BCUT2D eigenvalue weighted by molar-refractivity contribution is 6.35. The Bertz CT molecular complexity index is 1240. The van der Waals surface area contributed by atoms with Crippen LogP contribution < -0.4 is 4.74 Å². The van der Waals surface area contributed by atoms with Crippen LogP contribution in [0.3, 0.4) is 0 Å². The highest BCUT2D eigenvalue weighted by Crippen LogP contribution is 2.39. The van der Waals surface area contributed by atoms with E-state index in [0.29, 0.717) is 30.1 Å². The Morgan fingerprint density at radius 2 is 1.82 bits per heavy atom. The van der Waals surface area contributed by atoms with Crippen molar-refractivity contribution in [3.8, 4) is 5.75 Å². The molecule has 1 N–H and O–H groups in total. The predicted octanol–water partition coefficient (Wildman–Crippen LogP) is 4.46. The molecule has 1 aliphatic rings. The number of carbonyl (C=O) groups is 1. The summed E-state index contributed by atoms with van der Waals surface area (Å²) in [5.74, 6) is 0.179. The summed E-state index contributed by atoms with van der Waals surface area (Å²) in [4.78, 5) is 17.5. The number of nitrogens with zero attached hydrogens (tertiary/aromatic N) is 2. The molecule has 1 heterocycles. The molecule has 34 heavy (non-hydrogen) atoms. The maximum absolute atomic E-state index is 13.0. The fourth-order valence-corrected chi connectivity index (χ4v) is 4.14. The first kappa shape index (κ1) is 23.2. The molecular formula is C28H29N2O4+. The number of hydrogen-bond acceptors (Lipinski definition) is 5. The van der Waals surface area contributed by atoms with Crippen molar-refractivity contribution in [3.63, 3.8) is 0 Å². The minimum absolute atomic E-state index is 0.241. The third-order valence-electron chi connectivity index (χ3n) is 5.79. The second-order valence-electron chi connectivity index (χ2n) is 8.03. The predicted molar refractivity (Wildman–Crippen MR) is 130 cm³/mol. The highest BCUT2D eigenvalue weighted by Gasteiger charge is 2.40. The van der Waals surface area contributed by atoms with Crippen LogP contribution in [0.1, 0.15) is 41.8 Å². The SMILES string of the molecule is CCOC(=O)C1=C(c2ccccc2)c2ccc(OCCc3ccc(CC)cn3)cc2/C1=[N+](/C)O. The van der Waals surface area contributed by atoms with Gasteiger partial charge in [-0.3, -0.25) is 10.2 Å². The number of carbonyl (C=O) groups excluding carboxylic acids is 1. The molecule has 6 nitrogen and oxygen atoms in total. The largest absolute Gasteiger partial charge is 0.493 e. The van der Waals surface area contributed by atoms with Crippen molar-refractivity contribution in [2.45, 2.75) is 26.7 Å². The molecule has 0 saturated heterocycles. The summed E-state index contributed by atoms with van der Waals surface area (Å²) in [5.41, 5.74) is 6.08. The van der Waals surface area contributed by atoms with Gasteiger partial charge in [-0.15, -0.1) is 0 Å². The molecule has 1 aliphatic carbocycles. The number of rotatable bonds is 8. The Balaban J connectivity index is 1.65. The fourth-order valence-electron chi connectivity index (χ4n) is 4.14. The number of hydrogen-bond donors (Lipinski definition) is 1. The fraction of sp³-hybridized carbons (Fsp3) is 0.250. The summed E-state index contributed by atoms with van der Waals surface area (Å²) >= 11 is 0. The van der Waals surface area contributed by atoms with Crippen molar-refractivity contribution in [2.75, 3.05) is 20.3 Å². The van der Waals surface area contributed by atoms with Gasteiger partial charge in [-0.05, 0) is 59.0 Å². The zero-order valence-electron chi connectivity index (χ0n) is 19.7. The molecule has 4 rings (SSSR count). The van der Waals surface area contributed by atoms with Gasteiger partial charge in [0.05, 0.1) is 18.8 Å². The van der Waals surface area contributed by atoms with Gasteiger partial charge in [0.1, 0.15) is 11.3 Å². The lowest BCUT2D eigenvalue weighted by molar-refractivity contribution is -0.753. The Hall–Kier alpha value is -3.93. The summed E-state index contributed by atoms with van der Waals surface area (Å²) in [6.07, 6.45) is 3.54. The third kappa shape index (κ3) is 4.71. The summed E-state index contributed by atoms with van der Waals surface area (Å²) in [5, 5.41) is 10.5. The molecule has 0 aliphatic heterocycles. The molecule has 3 aromatic rings. The van der Waals surface area contributed by atoms with Crippen LogP contribution >= 0.6 is 0 Å². The molecule has 0 amide bonds. The van der Waals surface area contributed by atoms with Crippen LogP contribution in [0, 0.1) is 0 Å². The number of benzene rings is 2. The van der Waals surface area contributed by atoms with Gasteiger partial charge in [-0.1, -0.05) is 43.3 Å². The highest BCUT2D eigenvalue weighted by atomic mass is 16.5. The van der Waals surface area contributed by atoms with E-state index in [1.54, 1.807) is 6.92 Å². The first-order valence-electron chi connectivity index (χ1n) is 11.5. The van der Waals surface area contributed by atoms with Gasteiger partial charge in [0.25, 0.3) is 5.71 Å². The zero-order valence-corrected chi connectivity index (χ0v) is 19.7. The molecule has 0 bridgehead atoms. The van der Waals surface area contributed by atoms with E-state index in [9.17, 15) is 10.0 Å². The van der Waals surface area contributed by atoms with Crippen LogP contribution in [-0.2, 0) is 22.4 Å². The normalized spacial score (nSPS) is 14.1. The maximum atomic E-state index is 13.0. The lowest BCUT2D eigenvalue weighted by Gasteiger charge is -2.09. The van der Waals surface area contributed by atoms with Crippen LogP contribution in [0.4, 0.5) is 0 Å². The number of fused-ring (bicyclic) bond motifs is 1. The second kappa shape index (κ2) is 10.3. The van der Waals surface area contributed by atoms with Crippen LogP contribution in [0.5, 0.6) is 5.75 Å². The Morgan fingerprint density at radius 1 is 1.03 bits per heavy atom. The maximum Gasteiger partial charge on any atom is 0.345 e. The van der Waals surface area contributed by atoms with Gasteiger partial charge in [0.2, 0.25) is 0 Å². The molecular weight excluding hydrogens is 428 g/mol. The second-order valence-corrected chi connectivity index (χ2v) is 8.03. The number of aromatic nitrogens is 1.